The van der Waals surface area contributed by atoms with Gasteiger partial charge in [-0.05, 0) is 60.9 Å². The van der Waals surface area contributed by atoms with Crippen LogP contribution in [0, 0.1) is 0 Å². The van der Waals surface area contributed by atoms with Gasteiger partial charge in [-0.25, -0.2) is 8.42 Å². The summed E-state index contributed by atoms with van der Waals surface area (Å²) in [6.07, 6.45) is 13.1. The van der Waals surface area contributed by atoms with Gasteiger partial charge < -0.3 is 10.4 Å². The molecule has 1 amide bonds. The maximum atomic E-state index is 12.6. The van der Waals surface area contributed by atoms with Crippen LogP contribution in [0.5, 0.6) is 5.75 Å². The van der Waals surface area contributed by atoms with Gasteiger partial charge in [0.2, 0.25) is 5.91 Å². The number of rotatable bonds is 15. The van der Waals surface area contributed by atoms with Gasteiger partial charge in [0.25, 0.3) is 0 Å². The topological polar surface area (TPSA) is 83.5 Å². The first-order valence-corrected chi connectivity index (χ1v) is 14.1. The first-order valence-electron chi connectivity index (χ1n) is 12.4. The van der Waals surface area contributed by atoms with E-state index in [0.717, 1.165) is 24.0 Å². The second-order valence-electron chi connectivity index (χ2n) is 8.89. The number of carbonyl (C=O) groups excluding carboxylic acids is 1. The highest BCUT2D eigenvalue weighted by molar-refractivity contribution is 7.91. The van der Waals surface area contributed by atoms with Crippen LogP contribution in [0.2, 0.25) is 0 Å². The highest BCUT2D eigenvalue weighted by atomic mass is 32.2. The van der Waals surface area contributed by atoms with Crippen molar-refractivity contribution in [3.05, 3.63) is 60.2 Å². The number of benzene rings is 2. The van der Waals surface area contributed by atoms with Crippen molar-refractivity contribution in [2.45, 2.75) is 83.0 Å². The molecule has 2 rings (SSSR count). The molecule has 186 valence electrons. The molecular formula is C28H39NO4S. The molecule has 2 aromatic carbocycles. The molecule has 0 unspecified atom stereocenters. The molecule has 0 aromatic heterocycles. The van der Waals surface area contributed by atoms with Crippen LogP contribution < -0.4 is 5.32 Å². The third kappa shape index (κ3) is 10.1. The van der Waals surface area contributed by atoms with Gasteiger partial charge in [0.1, 0.15) is 5.75 Å². The first kappa shape index (κ1) is 27.6. The molecule has 5 nitrogen and oxygen atoms in total. The molecule has 6 heteroatoms. The summed E-state index contributed by atoms with van der Waals surface area (Å²) in [5.74, 6) is 0.0276. The van der Waals surface area contributed by atoms with E-state index in [9.17, 15) is 18.3 Å². The lowest BCUT2D eigenvalue weighted by Gasteiger charge is -2.08. The van der Waals surface area contributed by atoms with Crippen LogP contribution in [0.15, 0.2) is 59.5 Å². The Labute approximate surface area is 205 Å². The van der Waals surface area contributed by atoms with Gasteiger partial charge in [0.15, 0.2) is 9.84 Å². The van der Waals surface area contributed by atoms with Gasteiger partial charge in [-0.2, -0.15) is 0 Å². The van der Waals surface area contributed by atoms with Crippen LogP contribution in [0.1, 0.15) is 83.6 Å². The Bertz CT molecular complexity index is 1010. The van der Waals surface area contributed by atoms with Crippen LogP contribution >= 0.6 is 0 Å². The summed E-state index contributed by atoms with van der Waals surface area (Å²) in [5, 5.41) is 12.1. The summed E-state index contributed by atoms with van der Waals surface area (Å²) in [5.41, 5.74) is 2.13. The van der Waals surface area contributed by atoms with Crippen molar-refractivity contribution in [1.29, 1.82) is 0 Å². The predicted molar refractivity (Wildman–Crippen MR) is 141 cm³/mol. The van der Waals surface area contributed by atoms with E-state index in [-0.39, 0.29) is 22.3 Å². The van der Waals surface area contributed by atoms with Crippen molar-refractivity contribution in [3.63, 3.8) is 0 Å². The Morgan fingerprint density at radius 1 is 0.824 bits per heavy atom. The lowest BCUT2D eigenvalue weighted by molar-refractivity contribution is -0.111. The average molecular weight is 486 g/mol. The fourth-order valence-electron chi connectivity index (χ4n) is 3.83. The van der Waals surface area contributed by atoms with E-state index < -0.39 is 9.84 Å². The molecule has 0 bridgehead atoms. The molecule has 2 N–H and O–H groups in total. The van der Waals surface area contributed by atoms with E-state index in [1.54, 1.807) is 48.5 Å². The van der Waals surface area contributed by atoms with E-state index in [2.05, 4.69) is 12.2 Å². The zero-order valence-corrected chi connectivity index (χ0v) is 21.4. The molecule has 0 heterocycles. The number of phenolic OH excluding ortho intramolecular Hbond substituents is 1. The molecule has 2 aromatic rings. The number of allylic oxidation sites excluding steroid dienone is 1. The first-order chi connectivity index (χ1) is 16.3. The molecular weight excluding hydrogens is 446 g/mol. The monoisotopic (exact) mass is 485 g/mol. The minimum Gasteiger partial charge on any atom is -0.508 e. The fraction of sp³-hybridized carbons (Fsp3) is 0.464. The van der Waals surface area contributed by atoms with Gasteiger partial charge in [-0.15, -0.1) is 0 Å². The highest BCUT2D eigenvalue weighted by Crippen LogP contribution is 2.20. The lowest BCUT2D eigenvalue weighted by Crippen LogP contribution is -2.10. The largest absolute Gasteiger partial charge is 0.508 e. The Morgan fingerprint density at radius 2 is 1.35 bits per heavy atom. The number of carbonyl (C=O) groups is 1. The van der Waals surface area contributed by atoms with Crippen LogP contribution in [0.25, 0.3) is 5.57 Å². The number of hydrogen-bond donors (Lipinski definition) is 2. The number of amides is 1. The second-order valence-corrected chi connectivity index (χ2v) is 11.0. The summed E-state index contributed by atoms with van der Waals surface area (Å²) < 4.78 is 25.2. The Morgan fingerprint density at radius 3 is 1.91 bits per heavy atom. The predicted octanol–water partition coefficient (Wildman–Crippen LogP) is 7.13. The smallest absolute Gasteiger partial charge is 0.248 e. The number of sulfone groups is 1. The third-order valence-corrected chi connectivity index (χ3v) is 7.73. The van der Waals surface area contributed by atoms with Gasteiger partial charge in [-0.1, -0.05) is 76.8 Å². The number of unbranched alkanes of at least 4 members (excludes halogenated alkanes) is 9. The van der Waals surface area contributed by atoms with E-state index in [1.807, 2.05) is 6.92 Å². The minimum atomic E-state index is -3.32. The Kier molecular flexibility index (Phi) is 11.9. The zero-order chi connectivity index (χ0) is 24.8. The number of aromatic hydroxyl groups is 1. The molecule has 0 aliphatic rings. The Hall–Kier alpha value is -2.60. The highest BCUT2D eigenvalue weighted by Gasteiger charge is 2.14. The fourth-order valence-corrected chi connectivity index (χ4v) is 5.20. The lowest BCUT2D eigenvalue weighted by atomic mass is 10.1. The number of anilines is 1. The standard InChI is InChI=1S/C28H39NO4S/c1-3-4-5-6-7-8-9-10-11-12-21-34(32,33)27-19-15-25(16-20-27)29-28(31)22-23(2)24-13-17-26(30)18-14-24/h13-20,22,30H,3-12,21H2,1-2H3,(H,29,31). The van der Waals surface area contributed by atoms with Gasteiger partial charge in [0, 0.05) is 11.8 Å². The maximum absolute atomic E-state index is 12.6. The van der Waals surface area contributed by atoms with E-state index >= 15 is 0 Å². The van der Waals surface area contributed by atoms with E-state index in [0.29, 0.717) is 12.1 Å². The maximum Gasteiger partial charge on any atom is 0.248 e. The molecule has 0 atom stereocenters. The van der Waals surface area contributed by atoms with Gasteiger partial charge in [-0.3, -0.25) is 4.79 Å². The Balaban J connectivity index is 1.75. The van der Waals surface area contributed by atoms with Crippen molar-refractivity contribution < 1.29 is 18.3 Å². The van der Waals surface area contributed by atoms with Crippen LogP contribution in [-0.2, 0) is 14.6 Å². The molecule has 0 aliphatic carbocycles. The minimum absolute atomic E-state index is 0.157. The summed E-state index contributed by atoms with van der Waals surface area (Å²) in [7, 11) is -3.32. The molecule has 0 fully saturated rings. The SMILES string of the molecule is CCCCCCCCCCCCS(=O)(=O)c1ccc(NC(=O)C=C(C)c2ccc(O)cc2)cc1. The van der Waals surface area contributed by atoms with Crippen molar-refractivity contribution in [2.75, 3.05) is 11.1 Å². The number of nitrogens with one attached hydrogen (secondary N) is 1. The normalized spacial score (nSPS) is 12.0. The molecule has 34 heavy (non-hydrogen) atoms. The van der Waals surface area contributed by atoms with Crippen molar-refractivity contribution in [2.24, 2.45) is 0 Å². The van der Waals surface area contributed by atoms with Gasteiger partial charge in [0.05, 0.1) is 10.6 Å². The molecule has 0 saturated carbocycles. The second kappa shape index (κ2) is 14.6. The summed E-state index contributed by atoms with van der Waals surface area (Å²) in [6.45, 7) is 4.04. The van der Waals surface area contributed by atoms with Crippen LogP contribution in [0.3, 0.4) is 0 Å². The number of phenols is 1. The zero-order valence-electron chi connectivity index (χ0n) is 20.6. The number of hydrogen-bond acceptors (Lipinski definition) is 4. The van der Waals surface area contributed by atoms with Crippen molar-refractivity contribution >= 4 is 27.0 Å². The third-order valence-electron chi connectivity index (χ3n) is 5.92. The van der Waals surface area contributed by atoms with Gasteiger partial charge >= 0.3 is 0 Å². The average Bonchev–Trinajstić information content (AvgIpc) is 2.81. The summed E-state index contributed by atoms with van der Waals surface area (Å²) in [6, 6.07) is 13.0. The molecule has 0 saturated heterocycles. The van der Waals surface area contributed by atoms with E-state index in [4.69, 9.17) is 0 Å². The van der Waals surface area contributed by atoms with Crippen molar-refractivity contribution in [3.8, 4) is 5.75 Å². The molecule has 0 spiro atoms. The summed E-state index contributed by atoms with van der Waals surface area (Å²) >= 11 is 0. The summed E-state index contributed by atoms with van der Waals surface area (Å²) in [4.78, 5) is 12.6. The molecule has 0 radical (unpaired) electrons. The molecule has 0 aliphatic heterocycles. The van der Waals surface area contributed by atoms with Crippen molar-refractivity contribution in [1.82, 2.24) is 0 Å². The van der Waals surface area contributed by atoms with Crippen LogP contribution in [-0.4, -0.2) is 25.2 Å². The quantitative estimate of drug-likeness (QED) is 0.208. The van der Waals surface area contributed by atoms with Crippen LogP contribution in [0.4, 0.5) is 5.69 Å². The van der Waals surface area contributed by atoms with E-state index in [1.165, 1.54) is 51.0 Å².